The standard InChI is InChI=1S/C9H19N2O2Si.Rf/c1-11(8-12)6-5-9(13)10-7-14(2,3)4;/h5-7H2,1-4H3,(H,10,13);/q-1;. The van der Waals surface area contributed by atoms with Gasteiger partial charge in [0.25, 0.3) is 0 Å². The molecule has 0 unspecified atom stereocenters. The van der Waals surface area contributed by atoms with Crippen LogP contribution in [0.2, 0.25) is 19.6 Å². The van der Waals surface area contributed by atoms with Crippen LogP contribution in [-0.4, -0.2) is 45.1 Å². The van der Waals surface area contributed by atoms with Gasteiger partial charge >= 0.3 is 0 Å². The second kappa shape index (κ2) is 6.59. The minimum atomic E-state index is -1.21. The van der Waals surface area contributed by atoms with E-state index in [1.54, 1.807) is 13.5 Å². The predicted molar refractivity (Wildman–Crippen MR) is 59.3 cm³/mol. The van der Waals surface area contributed by atoms with Crippen LogP contribution in [0.25, 0.3) is 0 Å². The van der Waals surface area contributed by atoms with Crippen molar-refractivity contribution in [2.45, 2.75) is 26.1 Å². The van der Waals surface area contributed by atoms with Gasteiger partial charge < -0.3 is 15.0 Å². The Hall–Kier alpha value is -1.84. The Morgan fingerprint density at radius 2 is 1.93 bits per heavy atom. The molecule has 4 nitrogen and oxygen atoms in total. The summed E-state index contributed by atoms with van der Waals surface area (Å²) in [6, 6.07) is 0. The number of amides is 2. The summed E-state index contributed by atoms with van der Waals surface area (Å²) in [7, 11) is 0.402. The Labute approximate surface area is 86.7 Å². The fraction of sp³-hybridized carbons (Fsp3) is 0.778. The van der Waals surface area contributed by atoms with Gasteiger partial charge in [0.15, 0.2) is 0 Å². The third-order valence-electron chi connectivity index (χ3n) is 1.65. The molecule has 0 atom stereocenters. The second-order valence-corrected chi connectivity index (χ2v) is 10.1. The third kappa shape index (κ3) is 10.1. The largest absolute Gasteiger partial charge is 0.520 e. The van der Waals surface area contributed by atoms with Crippen molar-refractivity contribution in [3.05, 3.63) is 0 Å². The summed E-state index contributed by atoms with van der Waals surface area (Å²) in [5.41, 5.74) is 0. The first-order valence-corrected chi connectivity index (χ1v) is 8.41. The van der Waals surface area contributed by atoms with E-state index in [1.165, 1.54) is 4.90 Å². The smallest absolute Gasteiger partial charge is 0.221 e. The summed E-state index contributed by atoms with van der Waals surface area (Å²) >= 11 is 0. The molecule has 0 aromatic rings. The Bertz CT molecular complexity index is 207. The summed E-state index contributed by atoms with van der Waals surface area (Å²) in [6.07, 6.45) is 2.85. The molecular weight excluding hydrogens is 463 g/mol. The topological polar surface area (TPSA) is 49.4 Å². The van der Waals surface area contributed by atoms with Crippen molar-refractivity contribution in [2.75, 3.05) is 19.8 Å². The molecule has 0 bridgehead atoms. The zero-order valence-corrected chi connectivity index (χ0v) is 17.5. The molecule has 0 rings (SSSR count). The fourth-order valence-corrected chi connectivity index (χ4v) is 1.49. The van der Waals surface area contributed by atoms with Gasteiger partial charge in [0.2, 0.25) is 5.91 Å². The summed E-state index contributed by atoms with van der Waals surface area (Å²) in [5.74, 6) is 0.00882. The first kappa shape index (κ1) is 15.6. The summed E-state index contributed by atoms with van der Waals surface area (Å²) in [4.78, 5) is 22.7. The Morgan fingerprint density at radius 1 is 1.40 bits per heavy atom. The summed E-state index contributed by atoms with van der Waals surface area (Å²) < 4.78 is 0. The average Bonchev–Trinajstić information content (AvgIpc) is 2.09. The van der Waals surface area contributed by atoms with E-state index in [2.05, 4.69) is 25.0 Å². The Morgan fingerprint density at radius 3 is 2.33 bits per heavy atom. The van der Waals surface area contributed by atoms with Crippen LogP contribution in [0.5, 0.6) is 0 Å². The maximum atomic E-state index is 11.3. The molecule has 0 heterocycles. The van der Waals surface area contributed by atoms with E-state index < -0.39 is 8.07 Å². The number of carbonyl (C=O) groups excluding carboxylic acids is 2. The molecule has 0 fully saturated rings. The number of hydrogen-bond donors (Lipinski definition) is 1. The van der Waals surface area contributed by atoms with Gasteiger partial charge in [-0.05, 0) is 13.6 Å². The van der Waals surface area contributed by atoms with Gasteiger partial charge in [-0.1, -0.05) is 19.6 Å². The van der Waals surface area contributed by atoms with Gasteiger partial charge in [-0.3, -0.25) is 4.79 Å². The van der Waals surface area contributed by atoms with Crippen LogP contribution in [0, 0.1) is 0 Å². The molecule has 0 aliphatic rings. The van der Waals surface area contributed by atoms with Crippen LogP contribution in [0.1, 0.15) is 6.42 Å². The Balaban J connectivity index is 0. The van der Waals surface area contributed by atoms with Gasteiger partial charge in [0, 0.05) is 12.6 Å². The monoisotopic (exact) mass is 482 g/mol. The zero-order chi connectivity index (χ0) is 11.2. The van der Waals surface area contributed by atoms with Crippen molar-refractivity contribution in [1.82, 2.24) is 10.2 Å². The SMILES string of the molecule is CN([C-]=O)CCC(=O)NC[Si](C)(C)C.[Rf]. The van der Waals surface area contributed by atoms with Crippen LogP contribution < -0.4 is 5.32 Å². The molecule has 0 aromatic carbocycles. The van der Waals surface area contributed by atoms with Gasteiger partial charge in [-0.25, -0.2) is 0 Å². The molecule has 1 N–H and O–H groups in total. The van der Waals surface area contributed by atoms with Crippen molar-refractivity contribution < 1.29 is 9.59 Å². The maximum absolute atomic E-state index is 11.3. The van der Waals surface area contributed by atoms with E-state index >= 15 is 0 Å². The van der Waals surface area contributed by atoms with Crippen LogP contribution in [0.4, 0.5) is 0 Å². The predicted octanol–water partition coefficient (Wildman–Crippen LogP) is 0.369. The van der Waals surface area contributed by atoms with Crippen molar-refractivity contribution >= 4 is 20.4 Å². The third-order valence-corrected chi connectivity index (χ3v) is 2.88. The first-order chi connectivity index (χ1) is 6.35. The Kier molecular flexibility index (Phi) is 6.86. The van der Waals surface area contributed by atoms with E-state index in [0.29, 0.717) is 13.0 Å². The van der Waals surface area contributed by atoms with E-state index in [9.17, 15) is 9.59 Å². The molecule has 0 aromatic heterocycles. The van der Waals surface area contributed by atoms with Gasteiger partial charge in [0.1, 0.15) is 0 Å². The molecule has 0 spiro atoms. The minimum absolute atomic E-state index is 0. The molecule has 6 heteroatoms. The molecule has 0 saturated heterocycles. The number of rotatable bonds is 6. The number of carbonyl (C=O) groups is 1. The van der Waals surface area contributed by atoms with Crippen LogP contribution in [-0.2, 0) is 9.59 Å². The molecule has 15 heavy (non-hydrogen) atoms. The first-order valence-electron chi connectivity index (χ1n) is 4.71. The van der Waals surface area contributed by atoms with Crippen molar-refractivity contribution in [2.24, 2.45) is 0 Å². The molecule has 0 aliphatic carbocycles. The molecular formula is C9H19N2O2RfSi-. The summed E-state index contributed by atoms with van der Waals surface area (Å²) in [6.45, 7) is 7.01. The van der Waals surface area contributed by atoms with E-state index in [4.69, 9.17) is 0 Å². The molecule has 0 saturated carbocycles. The van der Waals surface area contributed by atoms with E-state index in [0.717, 1.165) is 6.17 Å². The van der Waals surface area contributed by atoms with Crippen molar-refractivity contribution in [3.8, 4) is 0 Å². The minimum Gasteiger partial charge on any atom is -0.520 e. The summed E-state index contributed by atoms with van der Waals surface area (Å²) in [5, 5.41) is 2.87. The zero-order valence-electron chi connectivity index (χ0n) is 10.1. The maximum Gasteiger partial charge on any atom is 0.221 e. The van der Waals surface area contributed by atoms with Crippen LogP contribution in [0.15, 0.2) is 0 Å². The average molecular weight is 482 g/mol. The molecule has 84 valence electrons. The molecule has 2 amide bonds. The number of hydrogen-bond acceptors (Lipinski definition) is 2. The molecule has 0 aliphatic heterocycles. The molecule has 0 radical (unpaired) electrons. The number of nitrogens with one attached hydrogen (secondary N) is 1. The second-order valence-electron chi connectivity index (χ2n) is 4.60. The van der Waals surface area contributed by atoms with Crippen LogP contribution in [0.3, 0.4) is 0 Å². The van der Waals surface area contributed by atoms with Gasteiger partial charge in [-0.15, -0.1) is 0 Å². The quantitative estimate of drug-likeness (QED) is 0.338. The van der Waals surface area contributed by atoms with Crippen molar-refractivity contribution in [1.29, 1.82) is 0 Å². The van der Waals surface area contributed by atoms with Gasteiger partial charge in [0.05, 0.1) is 8.07 Å². The van der Waals surface area contributed by atoms with E-state index in [1.807, 2.05) is 0 Å². The van der Waals surface area contributed by atoms with Crippen LogP contribution >= 0.6 is 0 Å². The van der Waals surface area contributed by atoms with Crippen molar-refractivity contribution in [3.63, 3.8) is 0 Å². The van der Waals surface area contributed by atoms with Gasteiger partial charge in [-0.2, -0.15) is 6.41 Å². The van der Waals surface area contributed by atoms with E-state index in [-0.39, 0.29) is 5.91 Å². The fourth-order valence-electron chi connectivity index (χ4n) is 0.767. The number of nitrogens with zero attached hydrogens (tertiary/aromatic N) is 1. The normalized spacial score (nSPS) is 10.1.